The fourth-order valence-electron chi connectivity index (χ4n) is 1.50. The van der Waals surface area contributed by atoms with Crippen LogP contribution >= 0.6 is 0 Å². The Kier molecular flexibility index (Phi) is 4.65. The number of hydrazine groups is 1. The molecule has 0 radical (unpaired) electrons. The van der Waals surface area contributed by atoms with Gasteiger partial charge in [0.15, 0.2) is 0 Å². The third-order valence-electron chi connectivity index (χ3n) is 2.42. The molecule has 0 spiro atoms. The molecule has 0 bridgehead atoms. The van der Waals surface area contributed by atoms with Crippen molar-refractivity contribution in [3.8, 4) is 0 Å². The Morgan fingerprint density at radius 1 is 1.44 bits per heavy atom. The highest BCUT2D eigenvalue weighted by atomic mass is 15.4. The SMILES string of the molecule is C=C=C(c1ccccc1N)N(N)CCCC. The van der Waals surface area contributed by atoms with Crippen molar-refractivity contribution in [2.45, 2.75) is 19.8 Å². The third-order valence-corrected chi connectivity index (χ3v) is 2.42. The predicted octanol–water partition coefficient (Wildman–Crippen LogP) is 2.37. The second-order valence-electron chi connectivity index (χ2n) is 3.66. The maximum absolute atomic E-state index is 5.95. The average molecular weight is 217 g/mol. The lowest BCUT2D eigenvalue weighted by Gasteiger charge is -2.21. The summed E-state index contributed by atoms with van der Waals surface area (Å²) in [6.45, 7) is 6.58. The van der Waals surface area contributed by atoms with Crippen molar-refractivity contribution in [1.29, 1.82) is 0 Å². The molecule has 0 saturated heterocycles. The lowest BCUT2D eigenvalue weighted by Crippen LogP contribution is -2.30. The molecule has 3 heteroatoms. The molecule has 1 rings (SSSR count). The average Bonchev–Trinajstić information content (AvgIpc) is 2.30. The first-order valence-corrected chi connectivity index (χ1v) is 5.47. The molecular weight excluding hydrogens is 198 g/mol. The molecule has 0 aliphatic rings. The van der Waals surface area contributed by atoms with E-state index in [1.807, 2.05) is 24.3 Å². The molecule has 86 valence electrons. The van der Waals surface area contributed by atoms with Crippen LogP contribution in [0.2, 0.25) is 0 Å². The minimum Gasteiger partial charge on any atom is -0.398 e. The maximum atomic E-state index is 5.95. The molecule has 0 unspecified atom stereocenters. The zero-order valence-corrected chi connectivity index (χ0v) is 9.74. The van der Waals surface area contributed by atoms with Gasteiger partial charge in [-0.05, 0) is 12.5 Å². The smallest absolute Gasteiger partial charge is 0.103 e. The second kappa shape index (κ2) is 6.01. The lowest BCUT2D eigenvalue weighted by atomic mass is 10.1. The fraction of sp³-hybridized carbons (Fsp3) is 0.308. The summed E-state index contributed by atoms with van der Waals surface area (Å²) in [5.41, 5.74) is 11.1. The quantitative estimate of drug-likeness (QED) is 0.344. The van der Waals surface area contributed by atoms with Crippen LogP contribution in [0.25, 0.3) is 5.70 Å². The van der Waals surface area contributed by atoms with Crippen LogP contribution in [-0.4, -0.2) is 11.6 Å². The van der Waals surface area contributed by atoms with Crippen molar-refractivity contribution in [2.75, 3.05) is 12.3 Å². The molecule has 4 N–H and O–H groups in total. The minimum absolute atomic E-state index is 0.695. The normalized spacial score (nSPS) is 9.62. The van der Waals surface area contributed by atoms with Crippen molar-refractivity contribution in [1.82, 2.24) is 5.01 Å². The van der Waals surface area contributed by atoms with E-state index in [-0.39, 0.29) is 0 Å². The zero-order chi connectivity index (χ0) is 12.0. The van der Waals surface area contributed by atoms with Crippen molar-refractivity contribution in [2.24, 2.45) is 5.84 Å². The van der Waals surface area contributed by atoms with Crippen LogP contribution < -0.4 is 11.6 Å². The Morgan fingerprint density at radius 3 is 2.69 bits per heavy atom. The molecule has 0 saturated carbocycles. The Balaban J connectivity index is 2.92. The van der Waals surface area contributed by atoms with Crippen molar-refractivity contribution in [3.05, 3.63) is 42.1 Å². The molecule has 0 fully saturated rings. The summed E-state index contributed by atoms with van der Waals surface area (Å²) >= 11 is 0. The molecule has 0 aromatic heterocycles. The van der Waals surface area contributed by atoms with Gasteiger partial charge in [0.1, 0.15) is 5.70 Å². The first-order chi connectivity index (χ1) is 7.70. The molecule has 1 aromatic rings. The highest BCUT2D eigenvalue weighted by molar-refractivity contribution is 5.72. The summed E-state index contributed by atoms with van der Waals surface area (Å²) in [7, 11) is 0. The summed E-state index contributed by atoms with van der Waals surface area (Å²) in [5, 5.41) is 1.65. The molecule has 1 aromatic carbocycles. The van der Waals surface area contributed by atoms with Gasteiger partial charge in [-0.2, -0.15) is 0 Å². The third kappa shape index (κ3) is 2.89. The van der Waals surface area contributed by atoms with Gasteiger partial charge in [0.2, 0.25) is 0 Å². The number of nitrogen functional groups attached to an aromatic ring is 1. The summed E-state index contributed by atoms with van der Waals surface area (Å²) in [6, 6.07) is 7.60. The monoisotopic (exact) mass is 217 g/mol. The van der Waals surface area contributed by atoms with Crippen LogP contribution in [0.15, 0.2) is 36.6 Å². The van der Waals surface area contributed by atoms with Gasteiger partial charge in [0, 0.05) is 17.8 Å². The van der Waals surface area contributed by atoms with Gasteiger partial charge in [0.25, 0.3) is 0 Å². The van der Waals surface area contributed by atoms with E-state index in [4.69, 9.17) is 11.6 Å². The van der Waals surface area contributed by atoms with Gasteiger partial charge in [-0.15, -0.1) is 5.73 Å². The van der Waals surface area contributed by atoms with Crippen LogP contribution in [0.3, 0.4) is 0 Å². The maximum Gasteiger partial charge on any atom is 0.103 e. The zero-order valence-electron chi connectivity index (χ0n) is 9.74. The van der Waals surface area contributed by atoms with Crippen LogP contribution in [0.1, 0.15) is 25.3 Å². The number of unbranched alkanes of at least 4 members (excludes halogenated alkanes) is 1. The number of rotatable bonds is 5. The summed E-state index contributed by atoms with van der Waals surface area (Å²) < 4.78 is 0. The molecule has 3 nitrogen and oxygen atoms in total. The van der Waals surface area contributed by atoms with Crippen LogP contribution in [0.4, 0.5) is 5.69 Å². The van der Waals surface area contributed by atoms with Gasteiger partial charge in [-0.3, -0.25) is 0 Å². The number of nitrogens with zero attached hydrogens (tertiary/aromatic N) is 1. The van der Waals surface area contributed by atoms with Gasteiger partial charge >= 0.3 is 0 Å². The number of para-hydroxylation sites is 1. The Bertz CT molecular complexity index is 392. The van der Waals surface area contributed by atoms with E-state index < -0.39 is 0 Å². The second-order valence-corrected chi connectivity index (χ2v) is 3.66. The van der Waals surface area contributed by atoms with Gasteiger partial charge in [0.05, 0.1) is 0 Å². The molecule has 0 aliphatic carbocycles. The minimum atomic E-state index is 0.695. The summed E-state index contributed by atoms with van der Waals surface area (Å²) in [6.07, 6.45) is 2.14. The van der Waals surface area contributed by atoms with Crippen LogP contribution in [0.5, 0.6) is 0 Å². The number of hydrogen-bond acceptors (Lipinski definition) is 3. The molecule has 16 heavy (non-hydrogen) atoms. The standard InChI is InChI=1S/C13H19N3/c1-3-5-10-16(15)13(4-2)11-8-6-7-9-12(11)14/h6-9H,2-3,5,10,14-15H2,1H3. The van der Waals surface area contributed by atoms with Crippen molar-refractivity contribution in [3.63, 3.8) is 0 Å². The first kappa shape index (κ1) is 12.4. The summed E-state index contributed by atoms with van der Waals surface area (Å²) in [4.78, 5) is 0. The van der Waals surface area contributed by atoms with Gasteiger partial charge in [-0.25, -0.2) is 5.84 Å². The Morgan fingerprint density at radius 2 is 2.12 bits per heavy atom. The topological polar surface area (TPSA) is 55.3 Å². The number of hydrogen-bond donors (Lipinski definition) is 2. The van der Waals surface area contributed by atoms with Crippen LogP contribution in [0, 0.1) is 0 Å². The molecule has 0 aliphatic heterocycles. The molecular formula is C13H19N3. The molecule has 0 heterocycles. The number of benzene rings is 1. The first-order valence-electron chi connectivity index (χ1n) is 5.47. The largest absolute Gasteiger partial charge is 0.398 e. The van der Waals surface area contributed by atoms with E-state index >= 15 is 0 Å². The Labute approximate surface area is 97.0 Å². The predicted molar refractivity (Wildman–Crippen MR) is 69.2 cm³/mol. The Hall–Kier alpha value is -1.70. The highest BCUT2D eigenvalue weighted by Gasteiger charge is 2.09. The number of nitrogens with two attached hydrogens (primary N) is 2. The van der Waals surface area contributed by atoms with Gasteiger partial charge in [-0.1, -0.05) is 38.1 Å². The molecule has 0 amide bonds. The lowest BCUT2D eigenvalue weighted by molar-refractivity contribution is 0.405. The van der Waals surface area contributed by atoms with Crippen LogP contribution in [-0.2, 0) is 0 Å². The van der Waals surface area contributed by atoms with E-state index in [0.717, 1.165) is 30.6 Å². The van der Waals surface area contributed by atoms with E-state index in [1.54, 1.807) is 5.01 Å². The van der Waals surface area contributed by atoms with Crippen molar-refractivity contribution < 1.29 is 0 Å². The number of anilines is 1. The van der Waals surface area contributed by atoms with Crippen molar-refractivity contribution >= 4 is 11.4 Å². The van der Waals surface area contributed by atoms with E-state index in [0.29, 0.717) is 5.69 Å². The van der Waals surface area contributed by atoms with E-state index in [1.165, 1.54) is 0 Å². The summed E-state index contributed by atoms with van der Waals surface area (Å²) in [5.74, 6) is 5.95. The van der Waals surface area contributed by atoms with E-state index in [2.05, 4.69) is 19.2 Å². The van der Waals surface area contributed by atoms with E-state index in [9.17, 15) is 0 Å². The fourth-order valence-corrected chi connectivity index (χ4v) is 1.50. The van der Waals surface area contributed by atoms with Gasteiger partial charge < -0.3 is 10.7 Å². The highest BCUT2D eigenvalue weighted by Crippen LogP contribution is 2.21. The molecule has 0 atom stereocenters.